The Morgan fingerprint density at radius 2 is 2.05 bits per heavy atom. The van der Waals surface area contributed by atoms with Gasteiger partial charge in [-0.05, 0) is 24.5 Å². The Hall–Kier alpha value is -2.44. The van der Waals surface area contributed by atoms with Crippen LogP contribution in [0, 0.1) is 5.82 Å². The molecule has 2 amide bonds. The van der Waals surface area contributed by atoms with Gasteiger partial charge in [0, 0.05) is 12.0 Å². The van der Waals surface area contributed by atoms with Gasteiger partial charge in [0.1, 0.15) is 11.9 Å². The molecule has 2 heterocycles. The fourth-order valence-corrected chi connectivity index (χ4v) is 2.67. The molecule has 0 bridgehead atoms. The fourth-order valence-electron chi connectivity index (χ4n) is 2.67. The van der Waals surface area contributed by atoms with E-state index in [1.807, 2.05) is 13.8 Å². The van der Waals surface area contributed by atoms with Crippen LogP contribution in [0.25, 0.3) is 11.0 Å². The van der Waals surface area contributed by atoms with Crippen LogP contribution in [0.3, 0.4) is 0 Å². The first kappa shape index (κ1) is 14.5. The maximum atomic E-state index is 13.7. The van der Waals surface area contributed by atoms with Gasteiger partial charge < -0.3 is 4.52 Å². The Morgan fingerprint density at radius 1 is 1.32 bits per heavy atom. The lowest BCUT2D eigenvalue weighted by molar-refractivity contribution is -0.137. The molecule has 3 rings (SSSR count). The van der Waals surface area contributed by atoms with Crippen LogP contribution in [0.15, 0.2) is 21.5 Å². The van der Waals surface area contributed by atoms with Gasteiger partial charge in [0.05, 0.1) is 5.39 Å². The summed E-state index contributed by atoms with van der Waals surface area (Å²) in [5, 5.41) is 2.28. The maximum Gasteiger partial charge on any atom is 0.291 e. The van der Waals surface area contributed by atoms with E-state index in [0.29, 0.717) is 5.56 Å². The van der Waals surface area contributed by atoms with Crippen molar-refractivity contribution in [2.45, 2.75) is 38.6 Å². The van der Waals surface area contributed by atoms with Gasteiger partial charge in [0.15, 0.2) is 5.58 Å². The first-order chi connectivity index (χ1) is 10.4. The van der Waals surface area contributed by atoms with Crippen LogP contribution >= 0.6 is 0 Å². The first-order valence-electron chi connectivity index (χ1n) is 7.07. The molecule has 0 aliphatic carbocycles. The molecule has 1 aromatic carbocycles. The van der Waals surface area contributed by atoms with Gasteiger partial charge in [0.2, 0.25) is 5.91 Å². The van der Waals surface area contributed by atoms with Gasteiger partial charge in [-0.2, -0.15) is 4.74 Å². The second-order valence-corrected chi connectivity index (χ2v) is 5.72. The normalized spacial score (nSPS) is 19.0. The highest BCUT2D eigenvalue weighted by molar-refractivity contribution is 5.99. The molecule has 1 aliphatic rings. The monoisotopic (exact) mass is 306 g/mol. The van der Waals surface area contributed by atoms with E-state index in [0.717, 1.165) is 10.8 Å². The summed E-state index contributed by atoms with van der Waals surface area (Å²) >= 11 is 0. The number of halogens is 1. The lowest BCUT2D eigenvalue weighted by Crippen LogP contribution is -2.43. The Morgan fingerprint density at radius 3 is 2.68 bits per heavy atom. The summed E-state index contributed by atoms with van der Waals surface area (Å²) in [5.74, 6) is -1.52. The summed E-state index contributed by atoms with van der Waals surface area (Å²) in [4.78, 5) is 35.5. The molecule has 1 fully saturated rings. The highest BCUT2D eigenvalue weighted by Crippen LogP contribution is 2.27. The first-order valence-corrected chi connectivity index (χ1v) is 7.07. The van der Waals surface area contributed by atoms with E-state index in [2.05, 4.69) is 5.32 Å². The number of nitrogens with zero attached hydrogens (tertiary/aromatic N) is 1. The number of amides is 2. The average molecular weight is 306 g/mol. The van der Waals surface area contributed by atoms with E-state index in [4.69, 9.17) is 4.52 Å². The van der Waals surface area contributed by atoms with Crippen molar-refractivity contribution in [2.75, 3.05) is 0 Å². The number of nitrogens with one attached hydrogen (secondary N) is 1. The van der Waals surface area contributed by atoms with Crippen LogP contribution in [0.5, 0.6) is 0 Å². The minimum absolute atomic E-state index is 0.0426. The third-order valence-corrected chi connectivity index (χ3v) is 3.82. The van der Waals surface area contributed by atoms with Crippen molar-refractivity contribution in [3.05, 3.63) is 33.9 Å². The third-order valence-electron chi connectivity index (χ3n) is 3.82. The van der Waals surface area contributed by atoms with Crippen molar-refractivity contribution in [2.24, 2.45) is 0 Å². The number of benzene rings is 1. The van der Waals surface area contributed by atoms with E-state index in [9.17, 15) is 18.8 Å². The highest BCUT2D eigenvalue weighted by atomic mass is 19.1. The molecule has 22 heavy (non-hydrogen) atoms. The lowest BCUT2D eigenvalue weighted by atomic mass is 10.0. The molecule has 1 N–H and O–H groups in total. The van der Waals surface area contributed by atoms with Gasteiger partial charge >= 0.3 is 0 Å². The highest BCUT2D eigenvalue weighted by Gasteiger charge is 2.32. The molecular weight excluding hydrogens is 291 g/mol. The second-order valence-electron chi connectivity index (χ2n) is 5.72. The quantitative estimate of drug-likeness (QED) is 0.858. The molecule has 1 saturated heterocycles. The summed E-state index contributed by atoms with van der Waals surface area (Å²) in [6, 6.07) is 1.54. The van der Waals surface area contributed by atoms with Crippen LogP contribution in [0.1, 0.15) is 44.2 Å². The minimum atomic E-state index is -0.888. The molecule has 0 saturated carbocycles. The SMILES string of the molecule is CC(C)c1cc(F)cc2c(=O)n(C3CCC(=O)NC3=O)oc12. The second kappa shape index (κ2) is 5.08. The molecule has 0 radical (unpaired) electrons. The minimum Gasteiger partial charge on any atom is -0.375 e. The van der Waals surface area contributed by atoms with Crippen LogP contribution in [-0.4, -0.2) is 16.6 Å². The number of hydrogen-bond donors (Lipinski definition) is 1. The molecular formula is C15H15FN2O4. The predicted octanol–water partition coefficient (Wildman–Crippen LogP) is 1.83. The number of imide groups is 1. The molecule has 1 atom stereocenters. The van der Waals surface area contributed by atoms with E-state index in [-0.39, 0.29) is 35.6 Å². The zero-order valence-electron chi connectivity index (χ0n) is 12.2. The number of hydrogen-bond acceptors (Lipinski definition) is 4. The van der Waals surface area contributed by atoms with Crippen molar-refractivity contribution in [3.8, 4) is 0 Å². The number of carbonyl (C=O) groups excluding carboxylic acids is 2. The van der Waals surface area contributed by atoms with Gasteiger partial charge in [-0.25, -0.2) is 4.39 Å². The Kier molecular flexibility index (Phi) is 3.35. The zero-order chi connectivity index (χ0) is 16.0. The topological polar surface area (TPSA) is 81.3 Å². The maximum absolute atomic E-state index is 13.7. The van der Waals surface area contributed by atoms with Crippen LogP contribution in [0.4, 0.5) is 4.39 Å². The van der Waals surface area contributed by atoms with E-state index in [1.165, 1.54) is 6.07 Å². The number of fused-ring (bicyclic) bond motifs is 1. The zero-order valence-corrected chi connectivity index (χ0v) is 12.2. The standard InChI is InChI=1S/C15H15FN2O4/c1-7(2)9-5-8(16)6-10-13(9)22-18(15(10)21)11-3-4-12(19)17-14(11)20/h5-7,11H,3-4H2,1-2H3,(H,17,19,20). The molecule has 1 unspecified atom stereocenters. The van der Waals surface area contributed by atoms with E-state index >= 15 is 0 Å². The Balaban J connectivity index is 2.18. The summed E-state index contributed by atoms with van der Waals surface area (Å²) in [7, 11) is 0. The van der Waals surface area contributed by atoms with Crippen molar-refractivity contribution in [1.82, 2.24) is 10.1 Å². The average Bonchev–Trinajstić information content (AvgIpc) is 2.75. The molecule has 1 aliphatic heterocycles. The summed E-state index contributed by atoms with van der Waals surface area (Å²) in [6.45, 7) is 3.72. The smallest absolute Gasteiger partial charge is 0.291 e. The molecule has 7 heteroatoms. The Labute approximate surface area is 124 Å². The molecule has 0 spiro atoms. The lowest BCUT2D eigenvalue weighted by Gasteiger charge is -2.19. The number of carbonyl (C=O) groups is 2. The van der Waals surface area contributed by atoms with Gasteiger partial charge in [0.25, 0.3) is 11.5 Å². The van der Waals surface area contributed by atoms with Crippen LogP contribution in [-0.2, 0) is 9.59 Å². The van der Waals surface area contributed by atoms with E-state index < -0.39 is 23.3 Å². The van der Waals surface area contributed by atoms with Crippen molar-refractivity contribution in [1.29, 1.82) is 0 Å². The molecule has 2 aromatic rings. The third kappa shape index (κ3) is 2.22. The number of aromatic nitrogens is 1. The number of piperidine rings is 1. The van der Waals surface area contributed by atoms with Crippen LogP contribution in [0.2, 0.25) is 0 Å². The van der Waals surface area contributed by atoms with Crippen molar-refractivity contribution in [3.63, 3.8) is 0 Å². The summed E-state index contributed by atoms with van der Waals surface area (Å²) < 4.78 is 20.2. The molecule has 116 valence electrons. The van der Waals surface area contributed by atoms with Gasteiger partial charge in [-0.15, -0.1) is 0 Å². The predicted molar refractivity (Wildman–Crippen MR) is 75.9 cm³/mol. The fraction of sp³-hybridized carbons (Fsp3) is 0.400. The van der Waals surface area contributed by atoms with Crippen molar-refractivity contribution < 1.29 is 18.5 Å². The molecule has 6 nitrogen and oxygen atoms in total. The van der Waals surface area contributed by atoms with Gasteiger partial charge in [-0.1, -0.05) is 13.8 Å². The van der Waals surface area contributed by atoms with Crippen molar-refractivity contribution >= 4 is 22.8 Å². The summed E-state index contributed by atoms with van der Waals surface area (Å²) in [5.41, 5.74) is 0.287. The Bertz CT molecular complexity index is 834. The largest absolute Gasteiger partial charge is 0.375 e. The van der Waals surface area contributed by atoms with Crippen LogP contribution < -0.4 is 10.9 Å². The molecule has 1 aromatic heterocycles. The van der Waals surface area contributed by atoms with Gasteiger partial charge in [-0.3, -0.25) is 19.7 Å². The number of rotatable bonds is 2. The van der Waals surface area contributed by atoms with E-state index in [1.54, 1.807) is 0 Å². The summed E-state index contributed by atoms with van der Waals surface area (Å²) in [6.07, 6.45) is 0.315.